The van der Waals surface area contributed by atoms with E-state index in [-0.39, 0.29) is 5.82 Å². The first kappa shape index (κ1) is 7.85. The van der Waals surface area contributed by atoms with Crippen molar-refractivity contribution in [1.82, 2.24) is 4.98 Å². The number of hydrogen-bond donors (Lipinski definition) is 2. The van der Waals surface area contributed by atoms with E-state index >= 15 is 0 Å². The molecule has 1 aliphatic carbocycles. The van der Waals surface area contributed by atoms with Gasteiger partial charge in [-0.2, -0.15) is 0 Å². The molecule has 0 saturated heterocycles. The number of nitrogens with one attached hydrogen (secondary N) is 1. The molecule has 1 heterocycles. The molecule has 1 aromatic heterocycles. The van der Waals surface area contributed by atoms with E-state index in [2.05, 4.69) is 4.98 Å². The van der Waals surface area contributed by atoms with Crippen molar-refractivity contribution in [2.45, 2.75) is 18.8 Å². The van der Waals surface area contributed by atoms with Crippen molar-refractivity contribution >= 4 is 16.6 Å². The van der Waals surface area contributed by atoms with Gasteiger partial charge in [0, 0.05) is 22.5 Å². The molecule has 3 heteroatoms. The first-order valence-corrected chi connectivity index (χ1v) is 4.82. The van der Waals surface area contributed by atoms with Crippen LogP contribution in [0, 0.1) is 5.82 Å². The molecule has 3 rings (SSSR count). The van der Waals surface area contributed by atoms with Crippen LogP contribution in [0.15, 0.2) is 18.2 Å². The molecule has 0 amide bonds. The van der Waals surface area contributed by atoms with Gasteiger partial charge in [0.25, 0.3) is 0 Å². The highest BCUT2D eigenvalue weighted by Gasteiger charge is 2.28. The highest BCUT2D eigenvalue weighted by Crippen LogP contribution is 2.44. The van der Waals surface area contributed by atoms with Crippen LogP contribution in [0.4, 0.5) is 10.1 Å². The molecule has 0 unspecified atom stereocenters. The largest absolute Gasteiger partial charge is 0.397 e. The molecule has 3 N–H and O–H groups in total. The van der Waals surface area contributed by atoms with Crippen LogP contribution in [-0.2, 0) is 0 Å². The minimum atomic E-state index is -0.231. The van der Waals surface area contributed by atoms with Gasteiger partial charge in [-0.1, -0.05) is 0 Å². The third-order valence-corrected chi connectivity index (χ3v) is 2.82. The molecule has 0 atom stereocenters. The normalized spacial score (nSPS) is 16.4. The average Bonchev–Trinajstić information content (AvgIpc) is 2.95. The number of fused-ring (bicyclic) bond motifs is 1. The van der Waals surface area contributed by atoms with Gasteiger partial charge in [-0.25, -0.2) is 4.39 Å². The molecule has 1 aliphatic rings. The van der Waals surface area contributed by atoms with Gasteiger partial charge in [0.05, 0.1) is 5.69 Å². The van der Waals surface area contributed by atoms with Crippen molar-refractivity contribution in [2.75, 3.05) is 5.73 Å². The number of nitrogens with two attached hydrogens (primary N) is 1. The summed E-state index contributed by atoms with van der Waals surface area (Å²) in [6.07, 6.45) is 2.39. The summed E-state index contributed by atoms with van der Waals surface area (Å²) in [7, 11) is 0. The number of nitrogen functional groups attached to an aromatic ring is 1. The number of rotatable bonds is 1. The molecule has 1 aromatic carbocycles. The number of aromatic amines is 1. The summed E-state index contributed by atoms with van der Waals surface area (Å²) < 4.78 is 13.0. The number of anilines is 1. The predicted octanol–water partition coefficient (Wildman–Crippen LogP) is 2.77. The molecule has 1 fully saturated rings. The van der Waals surface area contributed by atoms with E-state index in [0.29, 0.717) is 5.92 Å². The summed E-state index contributed by atoms with van der Waals surface area (Å²) in [6.45, 7) is 0. The summed E-state index contributed by atoms with van der Waals surface area (Å²) in [4.78, 5) is 3.26. The van der Waals surface area contributed by atoms with Gasteiger partial charge in [0.1, 0.15) is 5.82 Å². The molecule has 2 nitrogen and oxygen atoms in total. The van der Waals surface area contributed by atoms with Crippen LogP contribution in [0.25, 0.3) is 10.9 Å². The van der Waals surface area contributed by atoms with E-state index in [9.17, 15) is 4.39 Å². The maximum absolute atomic E-state index is 13.0. The highest BCUT2D eigenvalue weighted by molar-refractivity contribution is 5.93. The lowest BCUT2D eigenvalue weighted by Crippen LogP contribution is -1.88. The van der Waals surface area contributed by atoms with Crippen LogP contribution >= 0.6 is 0 Å². The maximum atomic E-state index is 13.0. The molecular formula is C11H11FN2. The van der Waals surface area contributed by atoms with E-state index in [1.165, 1.54) is 25.0 Å². The van der Waals surface area contributed by atoms with Crippen LogP contribution in [0.3, 0.4) is 0 Å². The zero-order valence-corrected chi connectivity index (χ0v) is 7.68. The number of hydrogen-bond acceptors (Lipinski definition) is 1. The van der Waals surface area contributed by atoms with Crippen molar-refractivity contribution in [1.29, 1.82) is 0 Å². The van der Waals surface area contributed by atoms with Crippen molar-refractivity contribution in [3.63, 3.8) is 0 Å². The van der Waals surface area contributed by atoms with Gasteiger partial charge >= 0.3 is 0 Å². The average molecular weight is 190 g/mol. The van der Waals surface area contributed by atoms with Crippen LogP contribution in [0.1, 0.15) is 24.5 Å². The standard InChI is InChI=1S/C11H11FN2/c12-7-3-4-9-8(5-7)10(13)11(14-9)6-1-2-6/h3-6,14H,1-2,13H2. The van der Waals surface area contributed by atoms with Gasteiger partial charge in [0.15, 0.2) is 0 Å². The van der Waals surface area contributed by atoms with E-state index in [0.717, 1.165) is 22.3 Å². The number of H-pyrrole nitrogens is 1. The highest BCUT2D eigenvalue weighted by atomic mass is 19.1. The molecule has 2 aromatic rings. The first-order chi connectivity index (χ1) is 6.75. The Morgan fingerprint density at radius 1 is 1.36 bits per heavy atom. The molecule has 0 aliphatic heterocycles. The summed E-state index contributed by atoms with van der Waals surface area (Å²) in [5.74, 6) is 0.344. The molecular weight excluding hydrogens is 179 g/mol. The molecule has 1 saturated carbocycles. The number of aromatic nitrogens is 1. The second-order valence-electron chi connectivity index (χ2n) is 3.92. The third kappa shape index (κ3) is 1.02. The molecule has 0 bridgehead atoms. The van der Waals surface area contributed by atoms with E-state index < -0.39 is 0 Å². The van der Waals surface area contributed by atoms with Crippen LogP contribution in [-0.4, -0.2) is 4.98 Å². The Balaban J connectivity index is 2.29. The van der Waals surface area contributed by atoms with Crippen LogP contribution in [0.5, 0.6) is 0 Å². The second-order valence-corrected chi connectivity index (χ2v) is 3.92. The van der Waals surface area contributed by atoms with E-state index in [1.807, 2.05) is 0 Å². The Hall–Kier alpha value is -1.51. The smallest absolute Gasteiger partial charge is 0.124 e. The van der Waals surface area contributed by atoms with Crippen molar-refractivity contribution in [2.24, 2.45) is 0 Å². The quantitative estimate of drug-likeness (QED) is 0.713. The van der Waals surface area contributed by atoms with Crippen molar-refractivity contribution in [3.05, 3.63) is 29.7 Å². The zero-order chi connectivity index (χ0) is 9.71. The van der Waals surface area contributed by atoms with Crippen LogP contribution < -0.4 is 5.73 Å². The fraction of sp³-hybridized carbons (Fsp3) is 0.273. The summed E-state index contributed by atoms with van der Waals surface area (Å²) in [5.41, 5.74) is 8.70. The van der Waals surface area contributed by atoms with Gasteiger partial charge in [0.2, 0.25) is 0 Å². The number of halogens is 1. The summed E-state index contributed by atoms with van der Waals surface area (Å²) in [6, 6.07) is 4.69. The Labute approximate surface area is 80.9 Å². The summed E-state index contributed by atoms with van der Waals surface area (Å²) >= 11 is 0. The topological polar surface area (TPSA) is 41.8 Å². The Bertz CT molecular complexity index is 497. The second kappa shape index (κ2) is 2.50. The lowest BCUT2D eigenvalue weighted by Gasteiger charge is -1.94. The Morgan fingerprint density at radius 2 is 2.14 bits per heavy atom. The van der Waals surface area contributed by atoms with Crippen molar-refractivity contribution < 1.29 is 4.39 Å². The van der Waals surface area contributed by atoms with Gasteiger partial charge in [-0.05, 0) is 31.0 Å². The van der Waals surface area contributed by atoms with Crippen molar-refractivity contribution in [3.8, 4) is 0 Å². The summed E-state index contributed by atoms with van der Waals surface area (Å²) in [5, 5.41) is 0.812. The van der Waals surface area contributed by atoms with Gasteiger partial charge < -0.3 is 10.7 Å². The lowest BCUT2D eigenvalue weighted by molar-refractivity contribution is 0.630. The first-order valence-electron chi connectivity index (χ1n) is 4.82. The SMILES string of the molecule is Nc1c(C2CC2)[nH]c2ccc(F)cc12. The number of benzene rings is 1. The van der Waals surface area contributed by atoms with Gasteiger partial charge in [-0.15, -0.1) is 0 Å². The van der Waals surface area contributed by atoms with E-state index in [4.69, 9.17) is 5.73 Å². The minimum absolute atomic E-state index is 0.231. The minimum Gasteiger partial charge on any atom is -0.397 e. The third-order valence-electron chi connectivity index (χ3n) is 2.82. The molecule has 0 radical (unpaired) electrons. The molecule has 0 spiro atoms. The Morgan fingerprint density at radius 3 is 2.86 bits per heavy atom. The monoisotopic (exact) mass is 190 g/mol. The zero-order valence-electron chi connectivity index (χ0n) is 7.68. The fourth-order valence-corrected chi connectivity index (χ4v) is 1.90. The Kier molecular flexibility index (Phi) is 1.40. The molecule has 14 heavy (non-hydrogen) atoms. The van der Waals surface area contributed by atoms with Crippen LogP contribution in [0.2, 0.25) is 0 Å². The molecule has 72 valence electrons. The van der Waals surface area contributed by atoms with Gasteiger partial charge in [-0.3, -0.25) is 0 Å². The predicted molar refractivity (Wildman–Crippen MR) is 54.6 cm³/mol. The van der Waals surface area contributed by atoms with E-state index in [1.54, 1.807) is 6.07 Å². The maximum Gasteiger partial charge on any atom is 0.124 e. The fourth-order valence-electron chi connectivity index (χ4n) is 1.90. The lowest BCUT2D eigenvalue weighted by atomic mass is 10.2.